The maximum atomic E-state index is 5.65. The summed E-state index contributed by atoms with van der Waals surface area (Å²) in [5.41, 5.74) is 0. The van der Waals surface area contributed by atoms with E-state index in [2.05, 4.69) is 29.8 Å². The molecule has 0 bridgehead atoms. The molecule has 1 fully saturated rings. The first-order chi connectivity index (χ1) is 8.40. The van der Waals surface area contributed by atoms with Gasteiger partial charge in [0.05, 0.1) is 6.10 Å². The van der Waals surface area contributed by atoms with Crippen LogP contribution in [0.5, 0.6) is 0 Å². The van der Waals surface area contributed by atoms with Gasteiger partial charge < -0.3 is 10.1 Å². The molecule has 1 saturated heterocycles. The van der Waals surface area contributed by atoms with Crippen molar-refractivity contribution < 1.29 is 4.74 Å². The maximum absolute atomic E-state index is 5.65. The van der Waals surface area contributed by atoms with E-state index in [1.807, 2.05) is 11.3 Å². The van der Waals surface area contributed by atoms with Crippen LogP contribution in [0, 0.1) is 0 Å². The van der Waals surface area contributed by atoms with E-state index in [9.17, 15) is 0 Å². The average Bonchev–Trinajstić information content (AvgIpc) is 3.01. The molecule has 0 amide bonds. The molecule has 96 valence electrons. The molecule has 3 heteroatoms. The normalized spacial score (nSPS) is 21.8. The van der Waals surface area contributed by atoms with Gasteiger partial charge in [0.15, 0.2) is 0 Å². The topological polar surface area (TPSA) is 21.3 Å². The summed E-state index contributed by atoms with van der Waals surface area (Å²) in [6, 6.07) is 4.93. The van der Waals surface area contributed by atoms with Crippen LogP contribution >= 0.6 is 11.3 Å². The van der Waals surface area contributed by atoms with Crippen molar-refractivity contribution in [3.8, 4) is 0 Å². The zero-order chi connectivity index (χ0) is 11.9. The monoisotopic (exact) mass is 253 g/mol. The molecule has 2 heterocycles. The summed E-state index contributed by atoms with van der Waals surface area (Å²) >= 11 is 1.86. The number of thiophene rings is 1. The number of rotatable bonds is 7. The Morgan fingerprint density at radius 1 is 1.59 bits per heavy atom. The maximum Gasteiger partial charge on any atom is 0.0588 e. The molecule has 0 saturated carbocycles. The Kier molecular flexibility index (Phi) is 5.49. The van der Waals surface area contributed by atoms with Gasteiger partial charge in [0.1, 0.15) is 0 Å². The first-order valence-corrected chi connectivity index (χ1v) is 7.66. The molecule has 2 atom stereocenters. The third-order valence-corrected chi connectivity index (χ3v) is 4.33. The van der Waals surface area contributed by atoms with Crippen molar-refractivity contribution in [2.24, 2.45) is 0 Å². The van der Waals surface area contributed by atoms with Crippen molar-refractivity contribution in [3.05, 3.63) is 22.4 Å². The molecule has 1 N–H and O–H groups in total. The Balaban J connectivity index is 1.73. The lowest BCUT2D eigenvalue weighted by Gasteiger charge is -2.18. The van der Waals surface area contributed by atoms with Gasteiger partial charge in [0.2, 0.25) is 0 Å². The van der Waals surface area contributed by atoms with Crippen LogP contribution in [0.2, 0.25) is 0 Å². The van der Waals surface area contributed by atoms with Gasteiger partial charge in [-0.2, -0.15) is 0 Å². The largest absolute Gasteiger partial charge is 0.378 e. The number of nitrogens with one attached hydrogen (secondary N) is 1. The molecule has 2 nitrogen and oxygen atoms in total. The SMILES string of the molecule is CCCC(NCCC1CCCO1)c1cccs1. The molecular formula is C14H23NOS. The highest BCUT2D eigenvalue weighted by atomic mass is 32.1. The van der Waals surface area contributed by atoms with Crippen LogP contribution < -0.4 is 5.32 Å². The van der Waals surface area contributed by atoms with Crippen LogP contribution in [0.25, 0.3) is 0 Å². The Bertz CT molecular complexity index is 293. The fourth-order valence-corrected chi connectivity index (χ4v) is 3.25. The zero-order valence-corrected chi connectivity index (χ0v) is 11.5. The lowest BCUT2D eigenvalue weighted by atomic mass is 10.1. The molecule has 0 spiro atoms. The van der Waals surface area contributed by atoms with E-state index < -0.39 is 0 Å². The van der Waals surface area contributed by atoms with Crippen molar-refractivity contribution in [3.63, 3.8) is 0 Å². The Labute approximate surface area is 108 Å². The summed E-state index contributed by atoms with van der Waals surface area (Å²) in [7, 11) is 0. The fraction of sp³-hybridized carbons (Fsp3) is 0.714. The molecule has 1 aromatic heterocycles. The number of hydrogen-bond acceptors (Lipinski definition) is 3. The molecule has 0 aromatic carbocycles. The Morgan fingerprint density at radius 2 is 2.53 bits per heavy atom. The van der Waals surface area contributed by atoms with E-state index in [1.54, 1.807) is 0 Å². The van der Waals surface area contributed by atoms with Gasteiger partial charge in [-0.25, -0.2) is 0 Å². The molecule has 0 aliphatic carbocycles. The van der Waals surface area contributed by atoms with Gasteiger partial charge in [0.25, 0.3) is 0 Å². The van der Waals surface area contributed by atoms with Gasteiger partial charge >= 0.3 is 0 Å². The van der Waals surface area contributed by atoms with Gasteiger partial charge in [0, 0.05) is 17.5 Å². The predicted molar refractivity (Wildman–Crippen MR) is 73.6 cm³/mol. The second-order valence-corrected chi connectivity index (χ2v) is 5.71. The summed E-state index contributed by atoms with van der Waals surface area (Å²) in [6.07, 6.45) is 6.62. The first kappa shape index (κ1) is 13.1. The molecule has 1 aliphatic heterocycles. The lowest BCUT2D eigenvalue weighted by molar-refractivity contribution is 0.103. The van der Waals surface area contributed by atoms with Crippen LogP contribution in [0.4, 0.5) is 0 Å². The molecular weight excluding hydrogens is 230 g/mol. The van der Waals surface area contributed by atoms with E-state index in [-0.39, 0.29) is 0 Å². The van der Waals surface area contributed by atoms with Crippen molar-refractivity contribution >= 4 is 11.3 Å². The minimum Gasteiger partial charge on any atom is -0.378 e. The van der Waals surface area contributed by atoms with Crippen molar-refractivity contribution in [1.82, 2.24) is 5.32 Å². The van der Waals surface area contributed by atoms with Crippen molar-refractivity contribution in [2.75, 3.05) is 13.2 Å². The summed E-state index contributed by atoms with van der Waals surface area (Å²) < 4.78 is 5.65. The predicted octanol–water partition coefficient (Wildman–Crippen LogP) is 3.75. The summed E-state index contributed by atoms with van der Waals surface area (Å²) in [6.45, 7) is 4.30. The van der Waals surface area contributed by atoms with E-state index in [0.717, 1.165) is 19.6 Å². The van der Waals surface area contributed by atoms with Crippen LogP contribution in [-0.4, -0.2) is 19.3 Å². The third kappa shape index (κ3) is 4.09. The number of ether oxygens (including phenoxy) is 1. The van der Waals surface area contributed by atoms with Crippen LogP contribution in [0.15, 0.2) is 17.5 Å². The minimum atomic E-state index is 0.508. The fourth-order valence-electron chi connectivity index (χ4n) is 2.41. The molecule has 2 unspecified atom stereocenters. The highest BCUT2D eigenvalue weighted by Crippen LogP contribution is 2.23. The molecule has 0 radical (unpaired) electrons. The van der Waals surface area contributed by atoms with E-state index in [4.69, 9.17) is 4.74 Å². The Hall–Kier alpha value is -0.380. The summed E-state index contributed by atoms with van der Waals surface area (Å²) in [5.74, 6) is 0. The summed E-state index contributed by atoms with van der Waals surface area (Å²) in [4.78, 5) is 1.47. The average molecular weight is 253 g/mol. The molecule has 1 aromatic rings. The van der Waals surface area contributed by atoms with Gasteiger partial charge in [-0.3, -0.25) is 0 Å². The molecule has 17 heavy (non-hydrogen) atoms. The van der Waals surface area contributed by atoms with Gasteiger partial charge in [-0.15, -0.1) is 11.3 Å². The second kappa shape index (κ2) is 7.14. The molecule has 2 rings (SSSR count). The van der Waals surface area contributed by atoms with Crippen LogP contribution in [0.1, 0.15) is 49.9 Å². The van der Waals surface area contributed by atoms with E-state index in [0.29, 0.717) is 12.1 Å². The second-order valence-electron chi connectivity index (χ2n) is 4.73. The standard InChI is InChI=1S/C14H23NOS/c1-2-5-13(14-7-4-11-17-14)15-9-8-12-6-3-10-16-12/h4,7,11-13,15H,2-3,5-6,8-10H2,1H3. The lowest BCUT2D eigenvalue weighted by Crippen LogP contribution is -2.24. The Morgan fingerprint density at radius 3 is 3.18 bits per heavy atom. The smallest absolute Gasteiger partial charge is 0.0588 e. The zero-order valence-electron chi connectivity index (χ0n) is 10.7. The van der Waals surface area contributed by atoms with Gasteiger partial charge in [-0.1, -0.05) is 19.4 Å². The third-order valence-electron chi connectivity index (χ3n) is 3.35. The quantitative estimate of drug-likeness (QED) is 0.799. The van der Waals surface area contributed by atoms with Crippen molar-refractivity contribution in [1.29, 1.82) is 0 Å². The van der Waals surface area contributed by atoms with Crippen LogP contribution in [-0.2, 0) is 4.74 Å². The van der Waals surface area contributed by atoms with Crippen molar-refractivity contribution in [2.45, 2.75) is 51.2 Å². The first-order valence-electron chi connectivity index (χ1n) is 6.78. The van der Waals surface area contributed by atoms with Crippen LogP contribution in [0.3, 0.4) is 0 Å². The highest BCUT2D eigenvalue weighted by Gasteiger charge is 2.16. The molecule has 1 aliphatic rings. The summed E-state index contributed by atoms with van der Waals surface area (Å²) in [5, 5.41) is 5.85. The van der Waals surface area contributed by atoms with E-state index in [1.165, 1.54) is 30.6 Å². The minimum absolute atomic E-state index is 0.508. The number of hydrogen-bond donors (Lipinski definition) is 1. The van der Waals surface area contributed by atoms with E-state index >= 15 is 0 Å². The highest BCUT2D eigenvalue weighted by molar-refractivity contribution is 7.10. The van der Waals surface area contributed by atoms with Gasteiger partial charge in [-0.05, 0) is 43.7 Å².